The Morgan fingerprint density at radius 3 is 2.45 bits per heavy atom. The van der Waals surface area contributed by atoms with E-state index in [0.717, 1.165) is 38.1 Å². The molecule has 1 aromatic carbocycles. The second-order valence-electron chi connectivity index (χ2n) is 8.50. The predicted molar refractivity (Wildman–Crippen MR) is 111 cm³/mol. The number of rotatable bonds is 5. The lowest BCUT2D eigenvalue weighted by molar-refractivity contribution is -0.137. The molecule has 1 amide bonds. The molecule has 9 heteroatoms. The number of nitrogens with zero attached hydrogens (tertiary/aromatic N) is 3. The van der Waals surface area contributed by atoms with Gasteiger partial charge >= 0.3 is 6.18 Å². The highest BCUT2D eigenvalue weighted by Gasteiger charge is 2.31. The van der Waals surface area contributed by atoms with E-state index in [9.17, 15) is 22.8 Å². The van der Waals surface area contributed by atoms with Crippen molar-refractivity contribution in [1.82, 2.24) is 20.0 Å². The Labute approximate surface area is 179 Å². The molecule has 2 heterocycles. The highest BCUT2D eigenvalue weighted by molar-refractivity contribution is 5.92. The highest BCUT2D eigenvalue weighted by Crippen LogP contribution is 2.30. The fourth-order valence-electron chi connectivity index (χ4n) is 3.77. The van der Waals surface area contributed by atoms with Gasteiger partial charge in [-0.05, 0) is 64.9 Å². The molecule has 1 saturated heterocycles. The average Bonchev–Trinajstić information content (AvgIpc) is 2.72. The second kappa shape index (κ2) is 8.82. The topological polar surface area (TPSA) is 67.2 Å². The molecule has 0 bridgehead atoms. The molecule has 31 heavy (non-hydrogen) atoms. The number of carbonyl (C=O) groups excluding carboxylic acids is 1. The van der Waals surface area contributed by atoms with E-state index in [1.54, 1.807) is 6.92 Å². The Morgan fingerprint density at radius 1 is 1.13 bits per heavy atom. The second-order valence-corrected chi connectivity index (χ2v) is 8.50. The van der Waals surface area contributed by atoms with Gasteiger partial charge in [0.2, 0.25) is 5.43 Å². The summed E-state index contributed by atoms with van der Waals surface area (Å²) in [6.45, 7) is 7.84. The molecule has 1 aliphatic heterocycles. The maximum absolute atomic E-state index is 13.1. The maximum Gasteiger partial charge on any atom is 0.416 e. The van der Waals surface area contributed by atoms with Gasteiger partial charge < -0.3 is 5.32 Å². The molecule has 168 valence electrons. The normalized spacial score (nSPS) is 15.7. The zero-order valence-corrected chi connectivity index (χ0v) is 17.9. The van der Waals surface area contributed by atoms with Crippen LogP contribution in [0.4, 0.5) is 13.2 Å². The van der Waals surface area contributed by atoms with Crippen LogP contribution in [0.5, 0.6) is 0 Å². The molecular weight excluding hydrogens is 409 g/mol. The number of carbonyl (C=O) groups is 1. The van der Waals surface area contributed by atoms with Crippen LogP contribution in [-0.2, 0) is 6.18 Å². The smallest absolute Gasteiger partial charge is 0.349 e. The number of aryl methyl sites for hydroxylation is 1. The molecule has 2 aromatic rings. The van der Waals surface area contributed by atoms with E-state index in [1.165, 1.54) is 29.3 Å². The molecule has 3 rings (SSSR count). The van der Waals surface area contributed by atoms with E-state index >= 15 is 0 Å². The number of piperidine rings is 1. The number of likely N-dealkylation sites (tertiary alicyclic amines) is 1. The van der Waals surface area contributed by atoms with Crippen molar-refractivity contribution < 1.29 is 18.0 Å². The Morgan fingerprint density at radius 2 is 1.81 bits per heavy atom. The minimum atomic E-state index is -4.51. The quantitative estimate of drug-likeness (QED) is 0.779. The molecule has 1 fully saturated rings. The number of nitrogens with one attached hydrogen (secondary N) is 1. The van der Waals surface area contributed by atoms with Gasteiger partial charge in [0.15, 0.2) is 5.69 Å². The van der Waals surface area contributed by atoms with Gasteiger partial charge in [0.05, 0.1) is 11.3 Å². The van der Waals surface area contributed by atoms with Crippen molar-refractivity contribution in [3.8, 4) is 5.69 Å². The molecule has 0 aliphatic carbocycles. The molecule has 1 N–H and O–H groups in total. The van der Waals surface area contributed by atoms with Gasteiger partial charge in [-0.25, -0.2) is 4.68 Å². The lowest BCUT2D eigenvalue weighted by atomic mass is 9.98. The molecule has 0 spiro atoms. The fraction of sp³-hybridized carbons (Fsp3) is 0.500. The van der Waals surface area contributed by atoms with E-state index in [4.69, 9.17) is 0 Å². The molecule has 0 radical (unpaired) electrons. The lowest BCUT2D eigenvalue weighted by Crippen LogP contribution is -2.53. The van der Waals surface area contributed by atoms with Crippen molar-refractivity contribution in [3.05, 3.63) is 57.5 Å². The number of benzene rings is 1. The van der Waals surface area contributed by atoms with Crippen LogP contribution in [0.2, 0.25) is 0 Å². The van der Waals surface area contributed by atoms with Crippen LogP contribution in [-0.4, -0.2) is 45.8 Å². The third-order valence-electron chi connectivity index (χ3n) is 5.63. The first-order chi connectivity index (χ1) is 14.5. The summed E-state index contributed by atoms with van der Waals surface area (Å²) in [7, 11) is 0. The van der Waals surface area contributed by atoms with E-state index in [2.05, 4.69) is 15.3 Å². The zero-order chi connectivity index (χ0) is 22.8. The summed E-state index contributed by atoms with van der Waals surface area (Å²) in [5.74, 6) is -0.643. The molecule has 0 unspecified atom stereocenters. The van der Waals surface area contributed by atoms with Crippen molar-refractivity contribution in [2.75, 3.05) is 19.6 Å². The Bertz CT molecular complexity index is 1010. The first kappa shape index (κ1) is 23.0. The average molecular weight is 436 g/mol. The van der Waals surface area contributed by atoms with E-state index in [1.807, 2.05) is 13.8 Å². The first-order valence-electron chi connectivity index (χ1n) is 10.3. The number of halogens is 3. The summed E-state index contributed by atoms with van der Waals surface area (Å²) in [5, 5.41) is 6.86. The summed E-state index contributed by atoms with van der Waals surface area (Å²) < 4.78 is 40.4. The SMILES string of the molecule is Cc1cc(=O)c(C(=O)NCC(C)(C)N2CCCCC2)nn1-c1cccc(C(F)(F)F)c1. The summed E-state index contributed by atoms with van der Waals surface area (Å²) >= 11 is 0. The van der Waals surface area contributed by atoms with Crippen LogP contribution in [0.25, 0.3) is 5.69 Å². The fourth-order valence-corrected chi connectivity index (χ4v) is 3.77. The van der Waals surface area contributed by atoms with Crippen molar-refractivity contribution in [3.63, 3.8) is 0 Å². The van der Waals surface area contributed by atoms with Crippen LogP contribution in [0, 0.1) is 6.92 Å². The van der Waals surface area contributed by atoms with Gasteiger partial charge in [-0.3, -0.25) is 14.5 Å². The molecule has 0 saturated carbocycles. The van der Waals surface area contributed by atoms with Gasteiger partial charge in [0.1, 0.15) is 0 Å². The highest BCUT2D eigenvalue weighted by atomic mass is 19.4. The van der Waals surface area contributed by atoms with Crippen molar-refractivity contribution >= 4 is 5.91 Å². The summed E-state index contributed by atoms with van der Waals surface area (Å²) in [6, 6.07) is 5.81. The molecule has 0 atom stereocenters. The third kappa shape index (κ3) is 5.33. The van der Waals surface area contributed by atoms with Gasteiger partial charge in [0, 0.05) is 23.8 Å². The van der Waals surface area contributed by atoms with Gasteiger partial charge in [0.25, 0.3) is 5.91 Å². The maximum atomic E-state index is 13.1. The predicted octanol–water partition coefficient (Wildman–Crippen LogP) is 3.55. The summed E-state index contributed by atoms with van der Waals surface area (Å²) in [4.78, 5) is 27.4. The summed E-state index contributed by atoms with van der Waals surface area (Å²) in [5.41, 5.74) is -1.60. The van der Waals surface area contributed by atoms with E-state index < -0.39 is 23.1 Å². The van der Waals surface area contributed by atoms with E-state index in [-0.39, 0.29) is 16.9 Å². The van der Waals surface area contributed by atoms with Crippen molar-refractivity contribution in [2.45, 2.75) is 51.7 Å². The lowest BCUT2D eigenvalue weighted by Gasteiger charge is -2.41. The van der Waals surface area contributed by atoms with Gasteiger partial charge in [-0.2, -0.15) is 18.3 Å². The monoisotopic (exact) mass is 436 g/mol. The number of aromatic nitrogens is 2. The van der Waals surface area contributed by atoms with E-state index in [0.29, 0.717) is 12.2 Å². The molecular formula is C22H27F3N4O2. The molecule has 1 aromatic heterocycles. The first-order valence-corrected chi connectivity index (χ1v) is 10.3. The largest absolute Gasteiger partial charge is 0.416 e. The van der Waals surface area contributed by atoms with Gasteiger partial charge in [-0.15, -0.1) is 0 Å². The third-order valence-corrected chi connectivity index (χ3v) is 5.63. The minimum Gasteiger partial charge on any atom is -0.349 e. The number of hydrogen-bond donors (Lipinski definition) is 1. The van der Waals surface area contributed by atoms with Crippen LogP contribution < -0.4 is 10.7 Å². The number of alkyl halides is 3. The number of hydrogen-bond acceptors (Lipinski definition) is 4. The standard InChI is InChI=1S/C22H27F3N4O2/c1-15-12-18(30)19(20(31)26-14-21(2,3)28-10-5-4-6-11-28)27-29(15)17-9-7-8-16(13-17)22(23,24)25/h7-9,12-13H,4-6,10-11,14H2,1-3H3,(H,26,31). The van der Waals surface area contributed by atoms with Crippen LogP contribution in [0.3, 0.4) is 0 Å². The molecule has 6 nitrogen and oxygen atoms in total. The summed E-state index contributed by atoms with van der Waals surface area (Å²) in [6.07, 6.45) is -1.10. The van der Waals surface area contributed by atoms with Crippen molar-refractivity contribution in [1.29, 1.82) is 0 Å². The van der Waals surface area contributed by atoms with Crippen LogP contribution in [0.15, 0.2) is 35.1 Å². The van der Waals surface area contributed by atoms with Crippen LogP contribution in [0.1, 0.15) is 54.9 Å². The Kier molecular flexibility index (Phi) is 6.54. The number of amides is 1. The molecule has 1 aliphatic rings. The van der Waals surface area contributed by atoms with Crippen molar-refractivity contribution in [2.24, 2.45) is 0 Å². The van der Waals surface area contributed by atoms with Gasteiger partial charge in [-0.1, -0.05) is 12.5 Å². The minimum absolute atomic E-state index is 0.120. The zero-order valence-electron chi connectivity index (χ0n) is 17.9. The Balaban J connectivity index is 1.84. The Hall–Kier alpha value is -2.68. The van der Waals surface area contributed by atoms with Crippen LogP contribution >= 0.6 is 0 Å².